The highest BCUT2D eigenvalue weighted by Crippen LogP contribution is 2.22. The molecule has 0 unspecified atom stereocenters. The highest BCUT2D eigenvalue weighted by molar-refractivity contribution is 7.07. The number of thiazole rings is 1. The van der Waals surface area contributed by atoms with Crippen LogP contribution in [0.4, 0.5) is 0 Å². The van der Waals surface area contributed by atoms with Crippen molar-refractivity contribution in [2.75, 3.05) is 6.61 Å². The summed E-state index contributed by atoms with van der Waals surface area (Å²) in [6.07, 6.45) is 1.82. The van der Waals surface area contributed by atoms with Gasteiger partial charge in [-0.3, -0.25) is 4.79 Å². The minimum atomic E-state index is -0.413. The van der Waals surface area contributed by atoms with Crippen molar-refractivity contribution >= 4 is 28.2 Å². The summed E-state index contributed by atoms with van der Waals surface area (Å²) in [5.74, 6) is 0.0687. The Morgan fingerprint density at radius 2 is 2.22 bits per heavy atom. The van der Waals surface area contributed by atoms with Gasteiger partial charge < -0.3 is 13.7 Å². The lowest BCUT2D eigenvalue weighted by atomic mass is 10.1. The number of hydrogen-bond acceptors (Lipinski definition) is 5. The first-order valence-corrected chi connectivity index (χ1v) is 7.76. The van der Waals surface area contributed by atoms with E-state index in [-0.39, 0.29) is 12.5 Å². The van der Waals surface area contributed by atoms with Crippen molar-refractivity contribution in [1.82, 2.24) is 4.57 Å². The van der Waals surface area contributed by atoms with Crippen LogP contribution in [0.3, 0.4) is 0 Å². The van der Waals surface area contributed by atoms with Crippen LogP contribution in [0, 0.1) is 6.92 Å². The molecule has 1 amide bonds. The number of nitrogens with zero attached hydrogens (tertiary/aromatic N) is 2. The minimum absolute atomic E-state index is 0.181. The van der Waals surface area contributed by atoms with Gasteiger partial charge in [-0.1, -0.05) is 0 Å². The van der Waals surface area contributed by atoms with E-state index in [0.29, 0.717) is 16.1 Å². The van der Waals surface area contributed by atoms with E-state index in [4.69, 9.17) is 9.15 Å². The van der Waals surface area contributed by atoms with Gasteiger partial charge in [0.25, 0.3) is 5.91 Å². The quantitative estimate of drug-likeness (QED) is 0.689. The molecular formula is C16H14N2O4S. The molecule has 3 rings (SSSR count). The van der Waals surface area contributed by atoms with E-state index in [2.05, 4.69) is 4.99 Å². The van der Waals surface area contributed by atoms with Crippen molar-refractivity contribution < 1.29 is 13.9 Å². The summed E-state index contributed by atoms with van der Waals surface area (Å²) in [6, 6.07) is 6.56. The lowest BCUT2D eigenvalue weighted by Gasteiger charge is -2.05. The first-order valence-electron chi connectivity index (χ1n) is 6.88. The first kappa shape index (κ1) is 15.2. The molecule has 0 spiro atoms. The summed E-state index contributed by atoms with van der Waals surface area (Å²) < 4.78 is 12.3. The maximum atomic E-state index is 11.8. The number of fused-ring (bicyclic) bond motifs is 1. The molecule has 0 aliphatic rings. The van der Waals surface area contributed by atoms with Crippen molar-refractivity contribution in [1.29, 1.82) is 0 Å². The smallest absolute Gasteiger partial charge is 0.336 e. The summed E-state index contributed by atoms with van der Waals surface area (Å²) in [4.78, 5) is 27.8. The second kappa shape index (κ2) is 6.21. The van der Waals surface area contributed by atoms with Crippen LogP contribution >= 0.6 is 11.3 Å². The number of aromatic nitrogens is 1. The van der Waals surface area contributed by atoms with E-state index in [1.54, 1.807) is 22.8 Å². The zero-order valence-corrected chi connectivity index (χ0v) is 13.4. The number of carbonyl (C=O) groups excluding carboxylic acids is 1. The number of amides is 1. The van der Waals surface area contributed by atoms with Gasteiger partial charge in [-0.15, -0.1) is 11.3 Å². The number of carbonyl (C=O) groups is 1. The SMILES string of the molecule is Cc1cc(=O)oc2cc(OCC(=O)N=c3sccn3C)ccc12. The van der Waals surface area contributed by atoms with Crippen LogP contribution in [0.1, 0.15) is 5.56 Å². The molecule has 0 saturated heterocycles. The van der Waals surface area contributed by atoms with E-state index >= 15 is 0 Å². The highest BCUT2D eigenvalue weighted by Gasteiger charge is 2.06. The predicted octanol–water partition coefficient (Wildman–Crippen LogP) is 2.01. The molecule has 0 N–H and O–H groups in total. The number of rotatable bonds is 3. The second-order valence-corrected chi connectivity index (χ2v) is 5.87. The number of hydrogen-bond donors (Lipinski definition) is 0. The third-order valence-corrected chi connectivity index (χ3v) is 4.11. The largest absolute Gasteiger partial charge is 0.484 e. The molecule has 2 heterocycles. The highest BCUT2D eigenvalue weighted by atomic mass is 32.1. The van der Waals surface area contributed by atoms with Gasteiger partial charge in [0, 0.05) is 36.1 Å². The van der Waals surface area contributed by atoms with Gasteiger partial charge in [-0.2, -0.15) is 4.99 Å². The topological polar surface area (TPSA) is 73.8 Å². The molecule has 23 heavy (non-hydrogen) atoms. The average molecular weight is 330 g/mol. The molecule has 0 aliphatic heterocycles. The van der Waals surface area contributed by atoms with Gasteiger partial charge in [0.05, 0.1) is 0 Å². The molecule has 0 aliphatic carbocycles. The van der Waals surface area contributed by atoms with Gasteiger partial charge >= 0.3 is 5.63 Å². The molecular weight excluding hydrogens is 316 g/mol. The number of aryl methyl sites for hydroxylation is 2. The third kappa shape index (κ3) is 3.40. The summed E-state index contributed by atoms with van der Waals surface area (Å²) in [7, 11) is 1.82. The van der Waals surface area contributed by atoms with Crippen LogP contribution < -0.4 is 15.2 Å². The second-order valence-electron chi connectivity index (χ2n) is 5.00. The average Bonchev–Trinajstić information content (AvgIpc) is 2.90. The fourth-order valence-corrected chi connectivity index (χ4v) is 2.86. The summed E-state index contributed by atoms with van der Waals surface area (Å²) in [5.41, 5.74) is 0.851. The van der Waals surface area contributed by atoms with Crippen molar-refractivity contribution in [2.24, 2.45) is 12.0 Å². The zero-order valence-electron chi connectivity index (χ0n) is 12.6. The predicted molar refractivity (Wildman–Crippen MR) is 86.6 cm³/mol. The Balaban J connectivity index is 1.78. The van der Waals surface area contributed by atoms with E-state index in [9.17, 15) is 9.59 Å². The summed E-state index contributed by atoms with van der Waals surface area (Å²) >= 11 is 1.37. The number of ether oxygens (including phenoxy) is 1. The van der Waals surface area contributed by atoms with Gasteiger partial charge in [0.2, 0.25) is 0 Å². The molecule has 0 bridgehead atoms. The van der Waals surface area contributed by atoms with Crippen LogP contribution in [-0.4, -0.2) is 17.1 Å². The van der Waals surface area contributed by atoms with Crippen molar-refractivity contribution in [3.63, 3.8) is 0 Å². The summed E-state index contributed by atoms with van der Waals surface area (Å²) in [5, 5.41) is 2.68. The third-order valence-electron chi connectivity index (χ3n) is 3.27. The Labute approximate surface area is 135 Å². The fourth-order valence-electron chi connectivity index (χ4n) is 2.11. The molecule has 7 heteroatoms. The van der Waals surface area contributed by atoms with Gasteiger partial charge in [0.15, 0.2) is 11.4 Å². The van der Waals surface area contributed by atoms with Crippen LogP contribution in [0.25, 0.3) is 11.0 Å². The van der Waals surface area contributed by atoms with E-state index in [1.807, 2.05) is 25.5 Å². The fraction of sp³-hybridized carbons (Fsp3) is 0.188. The van der Waals surface area contributed by atoms with E-state index in [0.717, 1.165) is 10.9 Å². The Bertz CT molecular complexity index is 997. The summed E-state index contributed by atoms with van der Waals surface area (Å²) in [6.45, 7) is 1.66. The van der Waals surface area contributed by atoms with Gasteiger partial charge in [-0.05, 0) is 24.6 Å². The minimum Gasteiger partial charge on any atom is -0.484 e. The first-order chi connectivity index (χ1) is 11.0. The lowest BCUT2D eigenvalue weighted by molar-refractivity contribution is -0.120. The standard InChI is InChI=1S/C16H14N2O4S/c1-10-7-15(20)22-13-8-11(3-4-12(10)13)21-9-14(19)17-16-18(2)5-6-23-16/h3-8H,9H2,1-2H3. The Kier molecular flexibility index (Phi) is 4.12. The molecule has 2 aromatic heterocycles. The van der Waals surface area contributed by atoms with Crippen molar-refractivity contribution in [3.05, 3.63) is 56.6 Å². The monoisotopic (exact) mass is 330 g/mol. The van der Waals surface area contributed by atoms with Crippen LogP contribution in [0.2, 0.25) is 0 Å². The molecule has 3 aromatic rings. The maximum Gasteiger partial charge on any atom is 0.336 e. The van der Waals surface area contributed by atoms with Crippen LogP contribution in [0.5, 0.6) is 5.75 Å². The number of benzene rings is 1. The molecule has 1 aromatic carbocycles. The van der Waals surface area contributed by atoms with Gasteiger partial charge in [0.1, 0.15) is 11.3 Å². The van der Waals surface area contributed by atoms with E-state index in [1.165, 1.54) is 17.4 Å². The Morgan fingerprint density at radius 1 is 1.39 bits per heavy atom. The molecule has 0 fully saturated rings. The lowest BCUT2D eigenvalue weighted by Crippen LogP contribution is -2.16. The molecule has 0 radical (unpaired) electrons. The Hall–Kier alpha value is -2.67. The van der Waals surface area contributed by atoms with E-state index < -0.39 is 5.63 Å². The van der Waals surface area contributed by atoms with Crippen LogP contribution in [0.15, 0.2) is 50.0 Å². The van der Waals surface area contributed by atoms with Gasteiger partial charge in [-0.25, -0.2) is 4.79 Å². The normalized spacial score (nSPS) is 11.8. The molecule has 118 valence electrons. The Morgan fingerprint density at radius 3 is 2.96 bits per heavy atom. The zero-order chi connectivity index (χ0) is 16.4. The molecule has 6 nitrogen and oxygen atoms in total. The maximum absolute atomic E-state index is 11.8. The molecule has 0 saturated carbocycles. The molecule has 0 atom stereocenters. The van der Waals surface area contributed by atoms with Crippen molar-refractivity contribution in [2.45, 2.75) is 6.92 Å². The van der Waals surface area contributed by atoms with Crippen molar-refractivity contribution in [3.8, 4) is 5.75 Å². The van der Waals surface area contributed by atoms with Crippen LogP contribution in [-0.2, 0) is 11.8 Å².